The fourth-order valence-corrected chi connectivity index (χ4v) is 4.94. The van der Waals surface area contributed by atoms with Gasteiger partial charge in [0.15, 0.2) is 0 Å². The lowest BCUT2D eigenvalue weighted by Gasteiger charge is -2.13. The molecule has 0 saturated carbocycles. The Hall–Kier alpha value is -3.62. The normalized spacial score (nSPS) is 11.2. The number of rotatable bonds is 7. The number of nitrogens with zero attached hydrogens (tertiary/aromatic N) is 2. The lowest BCUT2D eigenvalue weighted by Crippen LogP contribution is -2.24. The molecule has 0 aliphatic carbocycles. The number of aromatic nitrogens is 2. The molecule has 0 atom stereocenters. The Morgan fingerprint density at radius 2 is 1.88 bits per heavy atom. The van der Waals surface area contributed by atoms with E-state index in [2.05, 4.69) is 15.0 Å². The number of para-hydroxylation sites is 1. The molecule has 33 heavy (non-hydrogen) atoms. The fourth-order valence-electron chi connectivity index (χ4n) is 3.36. The molecule has 0 unspecified atom stereocenters. The second-order valence-corrected chi connectivity index (χ2v) is 9.46. The summed E-state index contributed by atoms with van der Waals surface area (Å²) in [6, 6.07) is 18.7. The summed E-state index contributed by atoms with van der Waals surface area (Å²) in [7, 11) is -3.99. The predicted octanol–water partition coefficient (Wildman–Crippen LogP) is 4.56. The molecule has 1 heterocycles. The fraction of sp³-hybridized carbons (Fsp3) is 0.0833. The molecule has 4 aromatic rings. The Bertz CT molecular complexity index is 1400. The molecule has 0 spiro atoms. The van der Waals surface area contributed by atoms with Gasteiger partial charge in [0.1, 0.15) is 4.90 Å². The number of halogens is 1. The molecule has 1 amide bonds. The first-order chi connectivity index (χ1) is 15.8. The highest BCUT2D eigenvalue weighted by Crippen LogP contribution is 2.25. The predicted molar refractivity (Wildman–Crippen MR) is 128 cm³/mol. The number of carbonyl (C=O) groups is 1. The van der Waals surface area contributed by atoms with E-state index in [1.807, 2.05) is 48.0 Å². The summed E-state index contributed by atoms with van der Waals surface area (Å²) in [5, 5.41) is 2.87. The third kappa shape index (κ3) is 5.24. The van der Waals surface area contributed by atoms with Gasteiger partial charge < -0.3 is 9.88 Å². The molecule has 2 N–H and O–H groups in total. The minimum Gasteiger partial charge on any atom is -0.348 e. The van der Waals surface area contributed by atoms with Crippen LogP contribution in [0, 0.1) is 6.92 Å². The van der Waals surface area contributed by atoms with Gasteiger partial charge in [0.05, 0.1) is 17.0 Å². The maximum absolute atomic E-state index is 12.9. The average molecular weight is 481 g/mol. The van der Waals surface area contributed by atoms with Crippen molar-refractivity contribution in [1.29, 1.82) is 0 Å². The van der Waals surface area contributed by atoms with Gasteiger partial charge in [-0.15, -0.1) is 0 Å². The average Bonchev–Trinajstić information content (AvgIpc) is 3.32. The van der Waals surface area contributed by atoms with Crippen molar-refractivity contribution in [3.05, 3.63) is 107 Å². The van der Waals surface area contributed by atoms with E-state index in [4.69, 9.17) is 11.6 Å². The van der Waals surface area contributed by atoms with E-state index in [0.717, 1.165) is 16.8 Å². The molecule has 0 fully saturated rings. The van der Waals surface area contributed by atoms with Crippen LogP contribution in [0.4, 0.5) is 5.69 Å². The van der Waals surface area contributed by atoms with E-state index in [-0.39, 0.29) is 22.0 Å². The Balaban J connectivity index is 1.54. The highest BCUT2D eigenvalue weighted by molar-refractivity contribution is 7.92. The molecular weight excluding hydrogens is 460 g/mol. The van der Waals surface area contributed by atoms with Gasteiger partial charge >= 0.3 is 0 Å². The summed E-state index contributed by atoms with van der Waals surface area (Å²) in [6.45, 7) is 2.11. The van der Waals surface area contributed by atoms with Crippen LogP contribution in [-0.4, -0.2) is 23.9 Å². The zero-order valence-corrected chi connectivity index (χ0v) is 19.3. The summed E-state index contributed by atoms with van der Waals surface area (Å²) < 4.78 is 30.2. The van der Waals surface area contributed by atoms with Gasteiger partial charge in [-0.3, -0.25) is 9.52 Å². The molecule has 0 aliphatic heterocycles. The number of imidazole rings is 1. The molecule has 168 valence electrons. The van der Waals surface area contributed by atoms with Crippen molar-refractivity contribution in [3.63, 3.8) is 0 Å². The number of hydrogen-bond acceptors (Lipinski definition) is 4. The third-order valence-electron chi connectivity index (χ3n) is 4.97. The van der Waals surface area contributed by atoms with E-state index < -0.39 is 15.9 Å². The van der Waals surface area contributed by atoms with Gasteiger partial charge in [-0.25, -0.2) is 13.4 Å². The maximum Gasteiger partial charge on any atom is 0.263 e. The number of amides is 1. The second-order valence-electron chi connectivity index (χ2n) is 7.40. The maximum atomic E-state index is 12.9. The Labute approximate surface area is 197 Å². The van der Waals surface area contributed by atoms with Crippen molar-refractivity contribution in [3.8, 4) is 5.69 Å². The molecule has 3 aromatic carbocycles. The lowest BCUT2D eigenvalue weighted by atomic mass is 10.1. The quantitative estimate of drug-likeness (QED) is 0.405. The summed E-state index contributed by atoms with van der Waals surface area (Å²) >= 11 is 6.17. The molecule has 0 aliphatic rings. The number of benzene rings is 3. The first kappa shape index (κ1) is 22.6. The lowest BCUT2D eigenvalue weighted by molar-refractivity contribution is 0.0950. The SMILES string of the molecule is Cc1cccc(NS(=O)(=O)c2cc(C(=O)NCc3ccccc3-n3ccnc3)ccc2Cl)c1. The highest BCUT2D eigenvalue weighted by atomic mass is 35.5. The first-order valence-electron chi connectivity index (χ1n) is 10.1. The van der Waals surface area contributed by atoms with Crippen LogP contribution < -0.4 is 10.0 Å². The van der Waals surface area contributed by atoms with Gasteiger partial charge in [0.25, 0.3) is 15.9 Å². The largest absolute Gasteiger partial charge is 0.348 e. The first-order valence-corrected chi connectivity index (χ1v) is 11.9. The van der Waals surface area contributed by atoms with Crippen molar-refractivity contribution in [2.24, 2.45) is 0 Å². The summed E-state index contributed by atoms with van der Waals surface area (Å²) in [5.41, 5.74) is 3.27. The Morgan fingerprint density at radius 3 is 2.64 bits per heavy atom. The van der Waals surface area contributed by atoms with Crippen LogP contribution in [0.5, 0.6) is 0 Å². The second kappa shape index (κ2) is 9.48. The molecule has 1 aromatic heterocycles. The molecule has 9 heteroatoms. The number of aryl methyl sites for hydroxylation is 1. The molecule has 0 bridgehead atoms. The molecule has 0 saturated heterocycles. The van der Waals surface area contributed by atoms with Crippen LogP contribution in [0.15, 0.2) is 90.3 Å². The number of anilines is 1. The molecule has 0 radical (unpaired) electrons. The van der Waals surface area contributed by atoms with Gasteiger partial charge in [-0.2, -0.15) is 0 Å². The van der Waals surface area contributed by atoms with Crippen LogP contribution in [0.1, 0.15) is 21.5 Å². The van der Waals surface area contributed by atoms with Crippen LogP contribution in [-0.2, 0) is 16.6 Å². The number of hydrogen-bond donors (Lipinski definition) is 2. The van der Waals surface area contributed by atoms with Gasteiger partial charge in [-0.1, -0.05) is 41.9 Å². The smallest absolute Gasteiger partial charge is 0.263 e. The van der Waals surface area contributed by atoms with Crippen molar-refractivity contribution in [1.82, 2.24) is 14.9 Å². The van der Waals surface area contributed by atoms with Crippen LogP contribution in [0.2, 0.25) is 5.02 Å². The van der Waals surface area contributed by atoms with Crippen molar-refractivity contribution < 1.29 is 13.2 Å². The number of carbonyl (C=O) groups excluding carboxylic acids is 1. The van der Waals surface area contributed by atoms with Crippen molar-refractivity contribution >= 4 is 33.2 Å². The Kier molecular flexibility index (Phi) is 6.48. The number of nitrogens with one attached hydrogen (secondary N) is 2. The van der Waals surface area contributed by atoms with Gasteiger partial charge in [0.2, 0.25) is 0 Å². The Morgan fingerprint density at radius 1 is 1.06 bits per heavy atom. The van der Waals surface area contributed by atoms with Crippen molar-refractivity contribution in [2.75, 3.05) is 4.72 Å². The highest BCUT2D eigenvalue weighted by Gasteiger charge is 2.21. The summed E-state index contributed by atoms with van der Waals surface area (Å²) in [4.78, 5) is 16.7. The van der Waals surface area contributed by atoms with E-state index in [1.165, 1.54) is 18.2 Å². The molecule has 4 rings (SSSR count). The van der Waals surface area contributed by atoms with Crippen molar-refractivity contribution in [2.45, 2.75) is 18.4 Å². The van der Waals surface area contributed by atoms with Crippen LogP contribution >= 0.6 is 11.6 Å². The zero-order valence-electron chi connectivity index (χ0n) is 17.7. The number of sulfonamides is 1. The van der Waals surface area contributed by atoms with Gasteiger partial charge in [0, 0.05) is 30.2 Å². The minimum atomic E-state index is -3.99. The van der Waals surface area contributed by atoms with E-state index in [9.17, 15) is 13.2 Å². The minimum absolute atomic E-state index is 0.0251. The molecule has 7 nitrogen and oxygen atoms in total. The van der Waals surface area contributed by atoms with Crippen LogP contribution in [0.3, 0.4) is 0 Å². The van der Waals surface area contributed by atoms with E-state index in [1.54, 1.807) is 30.7 Å². The molecular formula is C24H21ClN4O3S. The standard InChI is InChI=1S/C24H21ClN4O3S/c1-17-5-4-7-20(13-17)28-33(31,32)23-14-18(9-10-21(23)25)24(30)27-15-19-6-2-3-8-22(19)29-12-11-26-16-29/h2-14,16,28H,15H2,1H3,(H,27,30). The van der Waals surface area contributed by atoms with E-state index in [0.29, 0.717) is 5.69 Å². The summed E-state index contributed by atoms with van der Waals surface area (Å²) in [6.07, 6.45) is 5.17. The zero-order chi connectivity index (χ0) is 23.4. The topological polar surface area (TPSA) is 93.1 Å². The summed E-state index contributed by atoms with van der Waals surface area (Å²) in [5.74, 6) is -0.417. The van der Waals surface area contributed by atoms with Crippen LogP contribution in [0.25, 0.3) is 5.69 Å². The van der Waals surface area contributed by atoms with Gasteiger partial charge in [-0.05, 0) is 54.4 Å². The monoisotopic (exact) mass is 480 g/mol. The van der Waals surface area contributed by atoms with E-state index >= 15 is 0 Å². The third-order valence-corrected chi connectivity index (χ3v) is 6.83.